The molecule has 0 amide bonds. The van der Waals surface area contributed by atoms with Gasteiger partial charge in [-0.2, -0.15) is 35.1 Å². The Hall–Kier alpha value is -0.150. The third kappa shape index (κ3) is 2.96. The van der Waals surface area contributed by atoms with Crippen LogP contribution in [0.4, 0.5) is 45.2 Å². The largest absolute Gasteiger partial charge is 0.457 e. The fourth-order valence-electron chi connectivity index (χ4n) is 1.50. The highest BCUT2D eigenvalue weighted by Gasteiger charge is 2.81. The molecular formula is C10H4F9I2N. The molecule has 0 aliphatic carbocycles. The van der Waals surface area contributed by atoms with E-state index in [-0.39, 0.29) is 25.0 Å². The van der Waals surface area contributed by atoms with E-state index in [4.69, 9.17) is 5.73 Å². The minimum absolute atomic E-state index is 0.162. The molecule has 22 heavy (non-hydrogen) atoms. The zero-order valence-corrected chi connectivity index (χ0v) is 14.2. The van der Waals surface area contributed by atoms with Crippen LogP contribution >= 0.6 is 45.2 Å². The fraction of sp³-hybridized carbons (Fsp3) is 0.400. The first-order valence-electron chi connectivity index (χ1n) is 5.02. The van der Waals surface area contributed by atoms with Gasteiger partial charge in [-0.25, -0.2) is 4.39 Å². The zero-order chi connectivity index (χ0) is 17.7. The Bertz CT molecular complexity index is 558. The molecule has 0 radical (unpaired) electrons. The van der Waals surface area contributed by atoms with Crippen molar-refractivity contribution in [2.45, 2.75) is 23.9 Å². The molecule has 1 atom stereocenters. The molecule has 0 bridgehead atoms. The summed E-state index contributed by atoms with van der Waals surface area (Å²) in [6.07, 6.45) is -13.2. The van der Waals surface area contributed by atoms with Crippen LogP contribution in [0.25, 0.3) is 0 Å². The molecule has 1 unspecified atom stereocenters. The third-order valence-corrected chi connectivity index (χ3v) is 4.44. The Labute approximate surface area is 144 Å². The molecule has 1 aromatic rings. The minimum atomic E-state index is -6.74. The molecule has 0 heterocycles. The molecule has 12 heteroatoms. The van der Waals surface area contributed by atoms with Gasteiger partial charge in [0.25, 0.3) is 0 Å². The maximum Gasteiger partial charge on any atom is 0.457 e. The Morgan fingerprint density at radius 3 is 1.36 bits per heavy atom. The van der Waals surface area contributed by atoms with Crippen molar-refractivity contribution in [1.82, 2.24) is 0 Å². The van der Waals surface area contributed by atoms with Crippen molar-refractivity contribution in [2.75, 3.05) is 5.73 Å². The predicted octanol–water partition coefficient (Wildman–Crippen LogP) is 5.40. The van der Waals surface area contributed by atoms with Crippen molar-refractivity contribution >= 4 is 50.9 Å². The smallest absolute Gasteiger partial charge is 0.397 e. The normalized spacial score (nSPS) is 16.5. The van der Waals surface area contributed by atoms with E-state index < -0.39 is 29.5 Å². The average Bonchev–Trinajstić information content (AvgIpc) is 2.31. The van der Waals surface area contributed by atoms with Crippen LogP contribution in [0.3, 0.4) is 0 Å². The van der Waals surface area contributed by atoms with E-state index in [2.05, 4.69) is 0 Å². The van der Waals surface area contributed by atoms with Gasteiger partial charge >= 0.3 is 23.9 Å². The Balaban J connectivity index is 3.77. The molecule has 2 N–H and O–H groups in total. The number of nitrogen functional groups attached to an aromatic ring is 1. The van der Waals surface area contributed by atoms with Crippen molar-refractivity contribution in [3.05, 3.63) is 24.8 Å². The summed E-state index contributed by atoms with van der Waals surface area (Å²) in [6, 6.07) is 0.427. The Kier molecular flexibility index (Phi) is 5.19. The molecule has 0 spiro atoms. The number of hydrogen-bond acceptors (Lipinski definition) is 1. The SMILES string of the molecule is Nc1c(I)cc(C(F)(C(F)(F)F)C(F)(F)C(F)(F)F)cc1I. The quantitative estimate of drug-likeness (QED) is 0.292. The van der Waals surface area contributed by atoms with Gasteiger partial charge in [-0.15, -0.1) is 0 Å². The van der Waals surface area contributed by atoms with Gasteiger partial charge in [0.15, 0.2) is 0 Å². The van der Waals surface area contributed by atoms with E-state index in [1.165, 1.54) is 45.2 Å². The number of benzene rings is 1. The van der Waals surface area contributed by atoms with Crippen molar-refractivity contribution in [1.29, 1.82) is 0 Å². The molecular weight excluding hydrogens is 559 g/mol. The van der Waals surface area contributed by atoms with Crippen molar-refractivity contribution in [2.24, 2.45) is 0 Å². The lowest BCUT2D eigenvalue weighted by atomic mass is 9.87. The van der Waals surface area contributed by atoms with Gasteiger partial charge in [-0.05, 0) is 57.3 Å². The van der Waals surface area contributed by atoms with Gasteiger partial charge < -0.3 is 5.73 Å². The summed E-state index contributed by atoms with van der Waals surface area (Å²) in [6.45, 7) is 0. The van der Waals surface area contributed by atoms with Gasteiger partial charge in [0, 0.05) is 12.7 Å². The second kappa shape index (κ2) is 5.73. The van der Waals surface area contributed by atoms with Crippen LogP contribution < -0.4 is 5.73 Å². The first-order chi connectivity index (χ1) is 9.57. The topological polar surface area (TPSA) is 26.0 Å². The number of halogens is 11. The van der Waals surface area contributed by atoms with Gasteiger partial charge in [-0.1, -0.05) is 0 Å². The molecule has 0 saturated heterocycles. The molecule has 1 aromatic carbocycles. The second-order valence-corrected chi connectivity index (χ2v) is 6.41. The zero-order valence-electron chi connectivity index (χ0n) is 9.89. The van der Waals surface area contributed by atoms with Gasteiger partial charge in [0.1, 0.15) is 0 Å². The summed E-state index contributed by atoms with van der Waals surface area (Å²) in [5.41, 5.74) is -2.60. The van der Waals surface area contributed by atoms with Crippen LogP contribution in [-0.4, -0.2) is 18.3 Å². The Morgan fingerprint density at radius 2 is 1.09 bits per heavy atom. The van der Waals surface area contributed by atoms with Crippen LogP contribution in [0.15, 0.2) is 12.1 Å². The molecule has 0 saturated carbocycles. The van der Waals surface area contributed by atoms with Crippen LogP contribution in [0.1, 0.15) is 5.56 Å². The summed E-state index contributed by atoms with van der Waals surface area (Å²) >= 11 is 2.61. The maximum atomic E-state index is 14.2. The Morgan fingerprint density at radius 1 is 0.727 bits per heavy atom. The minimum Gasteiger partial charge on any atom is -0.397 e. The molecule has 1 nitrogen and oxygen atoms in total. The second-order valence-electron chi connectivity index (χ2n) is 4.08. The fourth-order valence-corrected chi connectivity index (χ4v) is 3.27. The lowest BCUT2D eigenvalue weighted by molar-refractivity contribution is -0.389. The molecule has 126 valence electrons. The van der Waals surface area contributed by atoms with Crippen molar-refractivity contribution in [3.8, 4) is 0 Å². The summed E-state index contributed by atoms with van der Waals surface area (Å²) < 4.78 is 115. The van der Waals surface area contributed by atoms with Crippen LogP contribution in [0, 0.1) is 7.14 Å². The molecule has 0 fully saturated rings. The third-order valence-electron chi connectivity index (χ3n) is 2.66. The van der Waals surface area contributed by atoms with Crippen LogP contribution in [-0.2, 0) is 5.67 Å². The number of anilines is 1. The van der Waals surface area contributed by atoms with Crippen LogP contribution in [0.5, 0.6) is 0 Å². The summed E-state index contributed by atoms with van der Waals surface area (Å²) in [7, 11) is 0. The van der Waals surface area contributed by atoms with E-state index in [1.54, 1.807) is 0 Å². The molecule has 0 aromatic heterocycles. The number of alkyl halides is 9. The van der Waals surface area contributed by atoms with Crippen molar-refractivity contribution in [3.63, 3.8) is 0 Å². The van der Waals surface area contributed by atoms with Gasteiger partial charge in [0.2, 0.25) is 0 Å². The number of nitrogens with two attached hydrogens (primary N) is 1. The summed E-state index contributed by atoms with van der Waals surface area (Å²) in [5.74, 6) is -6.68. The lowest BCUT2D eigenvalue weighted by Gasteiger charge is -2.36. The molecule has 0 aliphatic heterocycles. The highest BCUT2D eigenvalue weighted by molar-refractivity contribution is 14.1. The predicted molar refractivity (Wildman–Crippen MR) is 76.1 cm³/mol. The summed E-state index contributed by atoms with van der Waals surface area (Å²) in [5, 5.41) is 0. The van der Waals surface area contributed by atoms with Gasteiger partial charge in [-0.3, -0.25) is 0 Å². The van der Waals surface area contributed by atoms with Gasteiger partial charge in [0.05, 0.1) is 5.69 Å². The summed E-state index contributed by atoms with van der Waals surface area (Å²) in [4.78, 5) is 0. The standard InChI is InChI=1S/C10H4F9I2N/c11-7(9(14,15)16,8(12,13)10(17,18)19)3-1-4(20)6(22)5(21)2-3/h1-2H,22H2. The molecule has 1 rings (SSSR count). The van der Waals surface area contributed by atoms with E-state index in [9.17, 15) is 39.5 Å². The highest BCUT2D eigenvalue weighted by Crippen LogP contribution is 2.58. The van der Waals surface area contributed by atoms with E-state index in [0.29, 0.717) is 0 Å². The van der Waals surface area contributed by atoms with Crippen LogP contribution in [0.2, 0.25) is 0 Å². The maximum absolute atomic E-state index is 14.2. The molecule has 0 aliphatic rings. The average molecular weight is 563 g/mol. The van der Waals surface area contributed by atoms with E-state index >= 15 is 0 Å². The van der Waals surface area contributed by atoms with Crippen molar-refractivity contribution < 1.29 is 39.5 Å². The highest BCUT2D eigenvalue weighted by atomic mass is 127. The van der Waals surface area contributed by atoms with E-state index in [0.717, 1.165) is 0 Å². The first kappa shape index (κ1) is 19.9. The number of hydrogen-bond donors (Lipinski definition) is 1. The first-order valence-corrected chi connectivity index (χ1v) is 7.18. The lowest BCUT2D eigenvalue weighted by Crippen LogP contribution is -2.59. The monoisotopic (exact) mass is 563 g/mol. The number of rotatable bonds is 2. The van der Waals surface area contributed by atoms with E-state index in [1.807, 2.05) is 0 Å².